The summed E-state index contributed by atoms with van der Waals surface area (Å²) in [6, 6.07) is 29.5. The Balaban J connectivity index is 1.64. The molecule has 0 aliphatic heterocycles. The van der Waals surface area contributed by atoms with Gasteiger partial charge in [-0.25, -0.2) is 4.39 Å². The number of halogens is 2. The van der Waals surface area contributed by atoms with Crippen LogP contribution in [0, 0.1) is 11.9 Å². The molecule has 1 radical (unpaired) electrons. The minimum Gasteiger partial charge on any atom is -0.457 e. The van der Waals surface area contributed by atoms with Crippen LogP contribution in [0.25, 0.3) is 11.1 Å². The predicted molar refractivity (Wildman–Crippen MR) is 109 cm³/mol. The summed E-state index contributed by atoms with van der Waals surface area (Å²) in [6.07, 6.45) is 0. The van der Waals surface area contributed by atoms with Crippen molar-refractivity contribution in [3.05, 3.63) is 108 Å². The maximum atomic E-state index is 13.4. The van der Waals surface area contributed by atoms with E-state index in [-0.39, 0.29) is 5.82 Å². The molecule has 0 atom stereocenters. The van der Waals surface area contributed by atoms with Crippen molar-refractivity contribution in [3.63, 3.8) is 0 Å². The predicted octanol–water partition coefficient (Wildman–Crippen LogP) is 7.53. The van der Waals surface area contributed by atoms with Gasteiger partial charge in [-0.15, -0.1) is 0 Å². The SMILES string of the molecule is Fc1cccc(Oc2cccc(-c3[c]cccc3Oc3cccc(Cl)c3)c2)c1. The number of hydrogen-bond donors (Lipinski definition) is 0. The Hall–Kier alpha value is -3.30. The van der Waals surface area contributed by atoms with Crippen LogP contribution in [0.1, 0.15) is 0 Å². The van der Waals surface area contributed by atoms with Crippen molar-refractivity contribution in [1.82, 2.24) is 0 Å². The van der Waals surface area contributed by atoms with Crippen LogP contribution < -0.4 is 9.47 Å². The average molecular weight is 390 g/mol. The van der Waals surface area contributed by atoms with Gasteiger partial charge in [0.25, 0.3) is 0 Å². The van der Waals surface area contributed by atoms with E-state index in [1.807, 2.05) is 54.6 Å². The van der Waals surface area contributed by atoms with Crippen molar-refractivity contribution in [2.75, 3.05) is 0 Å². The molecule has 0 unspecified atom stereocenters. The summed E-state index contributed by atoms with van der Waals surface area (Å²) in [5.74, 6) is 1.97. The quantitative estimate of drug-likeness (QED) is 0.351. The van der Waals surface area contributed by atoms with E-state index in [1.54, 1.807) is 24.3 Å². The maximum absolute atomic E-state index is 13.4. The van der Waals surface area contributed by atoms with Gasteiger partial charge in [0.2, 0.25) is 0 Å². The van der Waals surface area contributed by atoms with Gasteiger partial charge in [0.15, 0.2) is 0 Å². The molecule has 0 saturated heterocycles. The molecule has 0 bridgehead atoms. The van der Waals surface area contributed by atoms with Crippen LogP contribution in [-0.2, 0) is 0 Å². The van der Waals surface area contributed by atoms with Crippen molar-refractivity contribution in [2.24, 2.45) is 0 Å². The smallest absolute Gasteiger partial charge is 0.135 e. The van der Waals surface area contributed by atoms with Gasteiger partial charge in [0.1, 0.15) is 28.8 Å². The van der Waals surface area contributed by atoms with E-state index in [2.05, 4.69) is 6.07 Å². The van der Waals surface area contributed by atoms with Crippen molar-refractivity contribution in [1.29, 1.82) is 0 Å². The van der Waals surface area contributed by atoms with Gasteiger partial charge in [-0.1, -0.05) is 48.0 Å². The Bertz CT molecular complexity index is 1110. The van der Waals surface area contributed by atoms with Gasteiger partial charge in [-0.05, 0) is 60.2 Å². The van der Waals surface area contributed by atoms with Crippen LogP contribution in [0.2, 0.25) is 5.02 Å². The molecule has 0 aromatic heterocycles. The van der Waals surface area contributed by atoms with E-state index >= 15 is 0 Å². The van der Waals surface area contributed by atoms with E-state index in [0.717, 1.165) is 11.1 Å². The second kappa shape index (κ2) is 8.15. The zero-order valence-electron chi connectivity index (χ0n) is 14.7. The zero-order valence-corrected chi connectivity index (χ0v) is 15.5. The molecule has 0 aliphatic rings. The first-order valence-electron chi connectivity index (χ1n) is 8.65. The lowest BCUT2D eigenvalue weighted by Crippen LogP contribution is -1.90. The van der Waals surface area contributed by atoms with Gasteiger partial charge in [0.05, 0.1) is 0 Å². The first kappa shape index (κ1) is 18.1. The number of benzene rings is 4. The highest BCUT2D eigenvalue weighted by atomic mass is 35.5. The lowest BCUT2D eigenvalue weighted by molar-refractivity contribution is 0.476. The summed E-state index contributed by atoms with van der Waals surface area (Å²) in [5, 5.41) is 0.601. The van der Waals surface area contributed by atoms with E-state index in [0.29, 0.717) is 28.0 Å². The second-order valence-corrected chi connectivity index (χ2v) is 6.49. The molecule has 28 heavy (non-hydrogen) atoms. The Kier molecular flexibility index (Phi) is 5.27. The molecule has 0 spiro atoms. The highest BCUT2D eigenvalue weighted by Crippen LogP contribution is 2.35. The van der Waals surface area contributed by atoms with Crippen molar-refractivity contribution >= 4 is 11.6 Å². The van der Waals surface area contributed by atoms with Crippen LogP contribution in [0.5, 0.6) is 23.0 Å². The Morgan fingerprint density at radius 1 is 0.714 bits per heavy atom. The molecule has 0 heterocycles. The topological polar surface area (TPSA) is 18.5 Å². The molecule has 0 saturated carbocycles. The molecule has 0 aliphatic carbocycles. The second-order valence-electron chi connectivity index (χ2n) is 6.06. The summed E-state index contributed by atoms with van der Waals surface area (Å²) < 4.78 is 25.2. The van der Waals surface area contributed by atoms with Gasteiger partial charge in [-0.2, -0.15) is 0 Å². The molecular formula is C24H15ClFO2. The lowest BCUT2D eigenvalue weighted by atomic mass is 10.0. The Morgan fingerprint density at radius 3 is 2.21 bits per heavy atom. The number of rotatable bonds is 5. The largest absolute Gasteiger partial charge is 0.457 e. The van der Waals surface area contributed by atoms with Gasteiger partial charge in [0, 0.05) is 16.7 Å². The summed E-state index contributed by atoms with van der Waals surface area (Å²) in [5.41, 5.74) is 1.65. The number of hydrogen-bond acceptors (Lipinski definition) is 2. The third kappa shape index (κ3) is 4.33. The fourth-order valence-electron chi connectivity index (χ4n) is 2.77. The maximum Gasteiger partial charge on any atom is 0.135 e. The fourth-order valence-corrected chi connectivity index (χ4v) is 2.95. The standard InChI is InChI=1S/C24H15ClFO2/c25-18-7-4-10-21(15-18)28-24-13-2-1-12-23(24)17-6-3-9-20(14-17)27-22-11-5-8-19(26)16-22/h1-11,13-16H. The van der Waals surface area contributed by atoms with Crippen molar-refractivity contribution in [2.45, 2.75) is 0 Å². The molecule has 2 nitrogen and oxygen atoms in total. The minimum absolute atomic E-state index is 0.345. The highest BCUT2D eigenvalue weighted by Gasteiger charge is 2.09. The molecule has 0 N–H and O–H groups in total. The summed E-state index contributed by atoms with van der Waals surface area (Å²) in [7, 11) is 0. The molecular weight excluding hydrogens is 375 g/mol. The van der Waals surface area contributed by atoms with Crippen LogP contribution in [0.4, 0.5) is 4.39 Å². The normalized spacial score (nSPS) is 10.5. The van der Waals surface area contributed by atoms with Crippen LogP contribution in [0.15, 0.2) is 91.0 Å². The first-order valence-corrected chi connectivity index (χ1v) is 9.03. The molecule has 4 aromatic rings. The van der Waals surface area contributed by atoms with Crippen LogP contribution in [-0.4, -0.2) is 0 Å². The van der Waals surface area contributed by atoms with Crippen molar-refractivity contribution < 1.29 is 13.9 Å². The molecule has 4 aromatic carbocycles. The fraction of sp³-hybridized carbons (Fsp3) is 0. The van der Waals surface area contributed by atoms with Crippen LogP contribution in [0.3, 0.4) is 0 Å². The zero-order chi connectivity index (χ0) is 19.3. The first-order chi connectivity index (χ1) is 13.7. The van der Waals surface area contributed by atoms with Crippen LogP contribution >= 0.6 is 11.6 Å². The summed E-state index contributed by atoms with van der Waals surface area (Å²) in [6.45, 7) is 0. The monoisotopic (exact) mass is 389 g/mol. The Labute approximate surface area is 167 Å². The van der Waals surface area contributed by atoms with E-state index < -0.39 is 0 Å². The molecule has 0 amide bonds. The minimum atomic E-state index is -0.345. The Morgan fingerprint density at radius 2 is 1.43 bits per heavy atom. The van der Waals surface area contributed by atoms with Crippen molar-refractivity contribution in [3.8, 4) is 34.1 Å². The molecule has 4 heteroatoms. The molecule has 4 rings (SSSR count). The molecule has 0 fully saturated rings. The van der Waals surface area contributed by atoms with Gasteiger partial charge in [-0.3, -0.25) is 0 Å². The highest BCUT2D eigenvalue weighted by molar-refractivity contribution is 6.30. The van der Waals surface area contributed by atoms with Gasteiger partial charge < -0.3 is 9.47 Å². The van der Waals surface area contributed by atoms with E-state index in [4.69, 9.17) is 21.1 Å². The van der Waals surface area contributed by atoms with E-state index in [1.165, 1.54) is 12.1 Å². The number of ether oxygens (including phenoxy) is 2. The molecule has 137 valence electrons. The lowest BCUT2D eigenvalue weighted by Gasteiger charge is -2.12. The van der Waals surface area contributed by atoms with Gasteiger partial charge >= 0.3 is 0 Å². The summed E-state index contributed by atoms with van der Waals surface area (Å²) in [4.78, 5) is 0. The van der Waals surface area contributed by atoms with E-state index in [9.17, 15) is 4.39 Å². The third-order valence-corrected chi connectivity index (χ3v) is 4.23. The average Bonchev–Trinajstić information content (AvgIpc) is 2.69. The third-order valence-electron chi connectivity index (χ3n) is 4.00. The summed E-state index contributed by atoms with van der Waals surface area (Å²) >= 11 is 6.05.